The van der Waals surface area contributed by atoms with Gasteiger partial charge in [0.1, 0.15) is 5.82 Å². The van der Waals surface area contributed by atoms with E-state index in [1.807, 2.05) is 6.07 Å². The van der Waals surface area contributed by atoms with Gasteiger partial charge in [-0.25, -0.2) is 4.39 Å². The summed E-state index contributed by atoms with van der Waals surface area (Å²) in [4.78, 5) is 1.33. The van der Waals surface area contributed by atoms with Crippen LogP contribution in [-0.2, 0) is 6.42 Å². The highest BCUT2D eigenvalue weighted by Crippen LogP contribution is 2.39. The number of rotatable bonds is 2. The Bertz CT molecular complexity index is 591. The molecule has 1 atom stereocenters. The quantitative estimate of drug-likeness (QED) is 0.751. The molecule has 3 rings (SSSR count). The van der Waals surface area contributed by atoms with Crippen LogP contribution in [0.2, 0.25) is 9.36 Å². The van der Waals surface area contributed by atoms with Crippen LogP contribution < -0.4 is 5.32 Å². The molecule has 100 valence electrons. The van der Waals surface area contributed by atoms with Gasteiger partial charge in [-0.15, -0.1) is 11.3 Å². The highest BCUT2D eigenvalue weighted by molar-refractivity contribution is 7.16. The van der Waals surface area contributed by atoms with E-state index in [-0.39, 0.29) is 11.9 Å². The van der Waals surface area contributed by atoms with Crippen molar-refractivity contribution in [2.24, 2.45) is 0 Å². The first-order valence-electron chi connectivity index (χ1n) is 6.12. The van der Waals surface area contributed by atoms with Crippen LogP contribution in [-0.4, -0.2) is 0 Å². The zero-order valence-corrected chi connectivity index (χ0v) is 12.4. The van der Waals surface area contributed by atoms with E-state index in [2.05, 4.69) is 5.32 Å². The molecule has 19 heavy (non-hydrogen) atoms. The second-order valence-corrected chi connectivity index (χ2v) is 6.88. The Morgan fingerprint density at radius 2 is 2.05 bits per heavy atom. The molecule has 0 fully saturated rings. The minimum Gasteiger partial charge on any atom is -0.378 e. The Balaban J connectivity index is 1.88. The molecule has 2 aromatic rings. The number of anilines is 1. The largest absolute Gasteiger partial charge is 0.378 e. The summed E-state index contributed by atoms with van der Waals surface area (Å²) in [7, 11) is 0. The van der Waals surface area contributed by atoms with Gasteiger partial charge < -0.3 is 5.32 Å². The zero-order chi connectivity index (χ0) is 13.4. The van der Waals surface area contributed by atoms with E-state index in [1.54, 1.807) is 17.4 Å². The summed E-state index contributed by atoms with van der Waals surface area (Å²) >= 11 is 13.6. The Kier molecular flexibility index (Phi) is 3.70. The van der Waals surface area contributed by atoms with Crippen LogP contribution in [0.3, 0.4) is 0 Å². The van der Waals surface area contributed by atoms with E-state index < -0.39 is 0 Å². The smallest absolute Gasteiger partial charge is 0.126 e. The van der Waals surface area contributed by atoms with E-state index in [4.69, 9.17) is 23.2 Å². The lowest BCUT2D eigenvalue weighted by molar-refractivity contribution is 0.605. The molecule has 5 heteroatoms. The van der Waals surface area contributed by atoms with Crippen LogP contribution in [0.5, 0.6) is 0 Å². The van der Waals surface area contributed by atoms with Gasteiger partial charge in [0.25, 0.3) is 0 Å². The first kappa shape index (κ1) is 13.2. The van der Waals surface area contributed by atoms with Gasteiger partial charge in [-0.1, -0.05) is 23.2 Å². The highest BCUT2D eigenvalue weighted by atomic mass is 35.5. The molecule has 1 aliphatic rings. The van der Waals surface area contributed by atoms with E-state index >= 15 is 0 Å². The molecule has 1 nitrogen and oxygen atoms in total. The molecular formula is C14H12Cl2FNS. The van der Waals surface area contributed by atoms with Gasteiger partial charge in [-0.2, -0.15) is 0 Å². The van der Waals surface area contributed by atoms with E-state index in [0.717, 1.165) is 23.6 Å². The lowest BCUT2D eigenvalue weighted by Crippen LogP contribution is -2.15. The number of aryl methyl sites for hydroxylation is 1. The average molecular weight is 316 g/mol. The topological polar surface area (TPSA) is 12.0 Å². The van der Waals surface area contributed by atoms with Crippen LogP contribution in [0.1, 0.15) is 29.3 Å². The number of nitrogens with one attached hydrogen (secondary N) is 1. The summed E-state index contributed by atoms with van der Waals surface area (Å²) < 4.78 is 14.2. The van der Waals surface area contributed by atoms with E-state index in [9.17, 15) is 4.39 Å². The molecule has 0 radical (unpaired) electrons. The Labute approximate surface area is 125 Å². The van der Waals surface area contributed by atoms with Gasteiger partial charge in [-0.3, -0.25) is 0 Å². The van der Waals surface area contributed by atoms with E-state index in [1.165, 1.54) is 22.6 Å². The molecular weight excluding hydrogens is 304 g/mol. The molecule has 0 spiro atoms. The third-order valence-electron chi connectivity index (χ3n) is 3.29. The maximum Gasteiger partial charge on any atom is 0.126 e. The first-order valence-corrected chi connectivity index (χ1v) is 7.70. The number of hydrogen-bond acceptors (Lipinski definition) is 2. The van der Waals surface area contributed by atoms with Crippen molar-refractivity contribution in [1.82, 2.24) is 0 Å². The van der Waals surface area contributed by atoms with Gasteiger partial charge in [0.05, 0.1) is 10.4 Å². The van der Waals surface area contributed by atoms with Crippen LogP contribution >= 0.6 is 34.5 Å². The molecule has 1 aromatic heterocycles. The molecule has 1 aliphatic carbocycles. The molecule has 0 amide bonds. The fourth-order valence-electron chi connectivity index (χ4n) is 2.51. The third-order valence-corrected chi connectivity index (χ3v) is 4.85. The van der Waals surface area contributed by atoms with Gasteiger partial charge in [-0.05, 0) is 49.1 Å². The summed E-state index contributed by atoms with van der Waals surface area (Å²) in [6, 6.07) is 6.71. The van der Waals surface area contributed by atoms with Gasteiger partial charge in [0.2, 0.25) is 0 Å². The minimum atomic E-state index is -0.325. The maximum absolute atomic E-state index is 13.3. The number of hydrogen-bond donors (Lipinski definition) is 1. The molecule has 0 bridgehead atoms. The molecule has 0 saturated carbocycles. The normalized spacial score (nSPS) is 18.2. The number of thiophene rings is 1. The van der Waals surface area contributed by atoms with Crippen molar-refractivity contribution in [3.63, 3.8) is 0 Å². The van der Waals surface area contributed by atoms with Crippen LogP contribution in [0.25, 0.3) is 0 Å². The molecule has 1 N–H and O–H groups in total. The predicted octanol–water partition coefficient (Wildman–Crippen LogP) is 5.68. The number of halogens is 3. The van der Waals surface area contributed by atoms with Crippen LogP contribution in [0.15, 0.2) is 24.3 Å². The lowest BCUT2D eigenvalue weighted by atomic mass is 9.94. The van der Waals surface area contributed by atoms with Crippen molar-refractivity contribution in [3.8, 4) is 0 Å². The summed E-state index contributed by atoms with van der Waals surface area (Å²) in [5, 5.41) is 3.76. The van der Waals surface area contributed by atoms with Crippen LogP contribution in [0, 0.1) is 5.82 Å². The molecule has 0 saturated heterocycles. The second-order valence-electron chi connectivity index (χ2n) is 4.68. The zero-order valence-electron chi connectivity index (χ0n) is 10.1. The molecule has 1 heterocycles. The summed E-state index contributed by atoms with van der Waals surface area (Å²) in [6.07, 6.45) is 3.22. The van der Waals surface area contributed by atoms with Crippen molar-refractivity contribution in [3.05, 3.63) is 49.9 Å². The Morgan fingerprint density at radius 1 is 1.21 bits per heavy atom. The number of benzene rings is 1. The Hall–Kier alpha value is -0.770. The van der Waals surface area contributed by atoms with Gasteiger partial charge in [0.15, 0.2) is 0 Å². The Morgan fingerprint density at radius 3 is 2.84 bits per heavy atom. The van der Waals surface area contributed by atoms with Gasteiger partial charge >= 0.3 is 0 Å². The van der Waals surface area contributed by atoms with Crippen molar-refractivity contribution in [1.29, 1.82) is 0 Å². The van der Waals surface area contributed by atoms with Crippen molar-refractivity contribution in [2.45, 2.75) is 25.3 Å². The first-order chi connectivity index (χ1) is 9.11. The number of fused-ring (bicyclic) bond motifs is 1. The molecule has 0 aliphatic heterocycles. The fourth-order valence-corrected chi connectivity index (χ4v) is 4.12. The van der Waals surface area contributed by atoms with E-state index in [0.29, 0.717) is 10.7 Å². The fraction of sp³-hybridized carbons (Fsp3) is 0.286. The molecule has 1 aromatic carbocycles. The second kappa shape index (κ2) is 5.31. The van der Waals surface area contributed by atoms with Crippen molar-refractivity contribution < 1.29 is 4.39 Å². The average Bonchev–Trinajstić information content (AvgIpc) is 2.69. The maximum atomic E-state index is 13.3. The highest BCUT2D eigenvalue weighted by Gasteiger charge is 2.22. The monoisotopic (exact) mass is 315 g/mol. The van der Waals surface area contributed by atoms with Gasteiger partial charge in [0, 0.05) is 15.6 Å². The van der Waals surface area contributed by atoms with Crippen LogP contribution in [0.4, 0.5) is 10.1 Å². The SMILES string of the molecule is Fc1cc(Cl)cc(NC2CCCc3sc(Cl)cc32)c1. The summed E-state index contributed by atoms with van der Waals surface area (Å²) in [5.41, 5.74) is 1.95. The molecule has 1 unspecified atom stereocenters. The summed E-state index contributed by atoms with van der Waals surface area (Å²) in [5.74, 6) is -0.325. The summed E-state index contributed by atoms with van der Waals surface area (Å²) in [6.45, 7) is 0. The standard InChI is InChI=1S/C14H12Cl2FNS/c15-8-4-9(17)6-10(5-8)18-12-2-1-3-13-11(12)7-14(16)19-13/h4-7,12,18H,1-3H2. The lowest BCUT2D eigenvalue weighted by Gasteiger charge is -2.24. The third kappa shape index (κ3) is 2.88. The van der Waals surface area contributed by atoms with Crippen molar-refractivity contribution in [2.75, 3.05) is 5.32 Å². The minimum absolute atomic E-state index is 0.186. The van der Waals surface area contributed by atoms with Crippen molar-refractivity contribution >= 4 is 40.2 Å². The predicted molar refractivity (Wildman–Crippen MR) is 80.0 cm³/mol.